The summed E-state index contributed by atoms with van der Waals surface area (Å²) in [4.78, 5) is 12.6. The van der Waals surface area contributed by atoms with Crippen LogP contribution >= 0.6 is 34.1 Å². The predicted molar refractivity (Wildman–Crippen MR) is 108 cm³/mol. The van der Waals surface area contributed by atoms with Gasteiger partial charge >= 0.3 is 0 Å². The number of carbonyl (C=O) groups excluding carboxylic acids is 1. The van der Waals surface area contributed by atoms with Gasteiger partial charge in [-0.25, -0.2) is 8.78 Å². The van der Waals surface area contributed by atoms with Gasteiger partial charge in [0, 0.05) is 21.1 Å². The minimum Gasteiger partial charge on any atom is -0.394 e. The summed E-state index contributed by atoms with van der Waals surface area (Å²) in [5.41, 5.74) is 0.329. The predicted octanol–water partition coefficient (Wildman–Crippen LogP) is 2.72. The summed E-state index contributed by atoms with van der Waals surface area (Å²) < 4.78 is 39.2. The third-order valence-corrected chi connectivity index (χ3v) is 5.37. The molecule has 3 aromatic rings. The summed E-state index contributed by atoms with van der Waals surface area (Å²) in [7, 11) is 0. The summed E-state index contributed by atoms with van der Waals surface area (Å²) in [6, 6.07) is 6.04. The smallest absolute Gasteiger partial charge is 0.188 e. The van der Waals surface area contributed by atoms with Crippen LogP contribution < -0.4 is 0 Å². The number of carbonyl (C=O) groups is 1. The van der Waals surface area contributed by atoms with E-state index in [1.54, 1.807) is 12.1 Å². The highest BCUT2D eigenvalue weighted by Gasteiger charge is 2.22. The van der Waals surface area contributed by atoms with E-state index < -0.39 is 36.7 Å². The molecule has 28 heavy (non-hydrogen) atoms. The van der Waals surface area contributed by atoms with Crippen LogP contribution in [0, 0.1) is 15.2 Å². The van der Waals surface area contributed by atoms with Crippen molar-refractivity contribution < 1.29 is 28.5 Å². The minimum absolute atomic E-state index is 0.0108. The van der Waals surface area contributed by atoms with E-state index in [-0.39, 0.29) is 35.2 Å². The van der Waals surface area contributed by atoms with Crippen LogP contribution in [0.1, 0.15) is 21.5 Å². The van der Waals surface area contributed by atoms with Gasteiger partial charge in [-0.2, -0.15) is 0 Å². The topological polar surface area (TPSA) is 92.5 Å². The van der Waals surface area contributed by atoms with Gasteiger partial charge in [-0.3, -0.25) is 4.79 Å². The number of Topliss-reactive ketones (excluding diaryl/α,β-unsaturated/α-hetero) is 1. The lowest BCUT2D eigenvalue weighted by Gasteiger charge is -2.13. The van der Waals surface area contributed by atoms with E-state index in [2.05, 4.69) is 9.59 Å². The number of nitrogens with zero attached hydrogens (tertiary/aromatic N) is 2. The van der Waals surface area contributed by atoms with Crippen molar-refractivity contribution in [3.05, 3.63) is 56.2 Å². The van der Waals surface area contributed by atoms with Gasteiger partial charge in [0.1, 0.15) is 24.0 Å². The standard InChI is InChI=1S/C18H15F2IN2O4S/c19-14-4-10(21)2-1-9(14)3-13-12(15(26)8-27-7-11(25)6-24)5-16-18(17(13)20)22-23-28-16/h1-2,4-5,11,24-25H,3,6-8H2. The second kappa shape index (κ2) is 9.27. The number of fused-ring (bicyclic) bond motifs is 1. The Morgan fingerprint density at radius 3 is 2.82 bits per heavy atom. The average Bonchev–Trinajstić information content (AvgIpc) is 3.14. The molecule has 10 heteroatoms. The lowest BCUT2D eigenvalue weighted by molar-refractivity contribution is 0.00894. The van der Waals surface area contributed by atoms with Crippen LogP contribution in [0.3, 0.4) is 0 Å². The molecule has 0 saturated heterocycles. The minimum atomic E-state index is -1.11. The van der Waals surface area contributed by atoms with Crippen molar-refractivity contribution in [3.63, 3.8) is 0 Å². The lowest BCUT2D eigenvalue weighted by atomic mass is 9.96. The fourth-order valence-corrected chi connectivity index (χ4v) is 3.67. The fourth-order valence-electron chi connectivity index (χ4n) is 2.62. The Morgan fingerprint density at radius 1 is 1.32 bits per heavy atom. The highest BCUT2D eigenvalue weighted by Crippen LogP contribution is 2.29. The number of ether oxygens (including phenoxy) is 1. The van der Waals surface area contributed by atoms with Crippen LogP contribution in [0.2, 0.25) is 0 Å². The first kappa shape index (κ1) is 21.1. The molecule has 1 heterocycles. The van der Waals surface area contributed by atoms with Gasteiger partial charge in [0.2, 0.25) is 0 Å². The zero-order valence-corrected chi connectivity index (χ0v) is 17.3. The van der Waals surface area contributed by atoms with Gasteiger partial charge in [-0.05, 0) is 57.9 Å². The molecule has 0 bridgehead atoms. The van der Waals surface area contributed by atoms with Crippen molar-refractivity contribution in [2.24, 2.45) is 0 Å². The van der Waals surface area contributed by atoms with Crippen LogP contribution in [0.5, 0.6) is 0 Å². The Hall–Kier alpha value is -1.60. The zero-order valence-electron chi connectivity index (χ0n) is 14.4. The molecule has 0 radical (unpaired) electrons. The number of aliphatic hydroxyl groups is 2. The molecule has 1 unspecified atom stereocenters. The number of ketones is 1. The van der Waals surface area contributed by atoms with Gasteiger partial charge in [0.05, 0.1) is 17.9 Å². The Morgan fingerprint density at radius 2 is 2.11 bits per heavy atom. The van der Waals surface area contributed by atoms with Crippen molar-refractivity contribution in [3.8, 4) is 0 Å². The second-order valence-corrected chi connectivity index (χ2v) is 8.05. The van der Waals surface area contributed by atoms with Gasteiger partial charge in [0.25, 0.3) is 0 Å². The Bertz CT molecular complexity index is 1010. The quantitative estimate of drug-likeness (QED) is 0.351. The number of hydrogen-bond acceptors (Lipinski definition) is 7. The molecule has 3 rings (SSSR count). The van der Waals surface area contributed by atoms with Crippen LogP contribution in [-0.2, 0) is 11.2 Å². The average molecular weight is 520 g/mol. The first-order valence-electron chi connectivity index (χ1n) is 8.18. The molecule has 1 atom stereocenters. The third-order valence-electron chi connectivity index (χ3n) is 4.02. The van der Waals surface area contributed by atoms with Gasteiger partial charge < -0.3 is 14.9 Å². The normalized spacial score (nSPS) is 12.5. The summed E-state index contributed by atoms with van der Waals surface area (Å²) in [5.74, 6) is -1.74. The molecule has 0 fully saturated rings. The molecule has 0 amide bonds. The first-order valence-corrected chi connectivity index (χ1v) is 10.0. The fraction of sp³-hybridized carbons (Fsp3) is 0.278. The van der Waals surface area contributed by atoms with Crippen LogP contribution in [0.4, 0.5) is 8.78 Å². The van der Waals surface area contributed by atoms with Crippen molar-refractivity contribution in [2.75, 3.05) is 19.8 Å². The molecule has 0 aliphatic rings. The van der Waals surface area contributed by atoms with E-state index >= 15 is 4.39 Å². The largest absolute Gasteiger partial charge is 0.394 e. The van der Waals surface area contributed by atoms with Crippen molar-refractivity contribution >= 4 is 50.1 Å². The maximum absolute atomic E-state index is 15.0. The van der Waals surface area contributed by atoms with Crippen LogP contribution in [0.15, 0.2) is 24.3 Å². The number of rotatable bonds is 8. The number of aliphatic hydroxyl groups excluding tert-OH is 2. The lowest BCUT2D eigenvalue weighted by Crippen LogP contribution is -2.22. The molecule has 1 aromatic heterocycles. The van der Waals surface area contributed by atoms with E-state index in [0.717, 1.165) is 11.5 Å². The molecule has 0 aliphatic carbocycles. The molecular formula is C18H15F2IN2O4S. The Labute approximate surface area is 176 Å². The summed E-state index contributed by atoms with van der Waals surface area (Å²) in [6.07, 6.45) is -1.25. The number of aromatic nitrogens is 2. The van der Waals surface area contributed by atoms with E-state index in [0.29, 0.717) is 8.27 Å². The van der Waals surface area contributed by atoms with E-state index in [4.69, 9.17) is 9.84 Å². The maximum atomic E-state index is 15.0. The highest BCUT2D eigenvalue weighted by atomic mass is 127. The maximum Gasteiger partial charge on any atom is 0.188 e. The van der Waals surface area contributed by atoms with E-state index in [1.807, 2.05) is 22.6 Å². The van der Waals surface area contributed by atoms with Crippen LogP contribution in [0.25, 0.3) is 10.2 Å². The summed E-state index contributed by atoms with van der Waals surface area (Å²) in [5, 5.41) is 21.8. The Kier molecular flexibility index (Phi) is 6.99. The van der Waals surface area contributed by atoms with Crippen molar-refractivity contribution in [2.45, 2.75) is 12.5 Å². The summed E-state index contributed by atoms with van der Waals surface area (Å²) in [6.45, 7) is -1.16. The second-order valence-electron chi connectivity index (χ2n) is 6.02. The van der Waals surface area contributed by atoms with Gasteiger partial charge in [0.15, 0.2) is 11.6 Å². The summed E-state index contributed by atoms with van der Waals surface area (Å²) >= 11 is 2.91. The van der Waals surface area contributed by atoms with E-state index in [9.17, 15) is 14.3 Å². The van der Waals surface area contributed by atoms with Gasteiger partial charge in [-0.15, -0.1) is 5.10 Å². The highest BCUT2D eigenvalue weighted by molar-refractivity contribution is 14.1. The molecule has 0 spiro atoms. The first-order chi connectivity index (χ1) is 13.4. The molecule has 0 saturated carbocycles. The number of hydrogen-bond donors (Lipinski definition) is 2. The monoisotopic (exact) mass is 520 g/mol. The van der Waals surface area contributed by atoms with Crippen molar-refractivity contribution in [1.82, 2.24) is 9.59 Å². The third kappa shape index (κ3) is 4.69. The molecular weight excluding hydrogens is 505 g/mol. The molecule has 6 nitrogen and oxygen atoms in total. The molecule has 2 aromatic carbocycles. The van der Waals surface area contributed by atoms with E-state index in [1.165, 1.54) is 12.1 Å². The number of halogens is 3. The Balaban J connectivity index is 1.96. The molecule has 2 N–H and O–H groups in total. The SMILES string of the molecule is O=C(COCC(O)CO)c1cc2snnc2c(F)c1Cc1ccc(I)cc1F. The molecule has 0 aliphatic heterocycles. The number of benzene rings is 2. The van der Waals surface area contributed by atoms with Crippen LogP contribution in [-0.4, -0.2) is 51.5 Å². The molecule has 148 valence electrons. The zero-order chi connectivity index (χ0) is 20.3. The van der Waals surface area contributed by atoms with Gasteiger partial charge in [-0.1, -0.05) is 10.6 Å². The van der Waals surface area contributed by atoms with Crippen molar-refractivity contribution in [1.29, 1.82) is 0 Å².